The number of fused-ring (bicyclic) bond motifs is 1. The van der Waals surface area contributed by atoms with E-state index in [-0.39, 0.29) is 12.1 Å². The number of carbonyl (C=O) groups excluding carboxylic acids is 1. The predicted molar refractivity (Wildman–Crippen MR) is 76.1 cm³/mol. The number of benzene rings is 1. The molecule has 0 radical (unpaired) electrons. The normalized spacial score (nSPS) is 12.7. The number of urea groups is 1. The van der Waals surface area contributed by atoms with Gasteiger partial charge in [-0.05, 0) is 25.0 Å². The summed E-state index contributed by atoms with van der Waals surface area (Å²) in [6.45, 7) is 6.13. The number of rotatable bonds is 3. The Morgan fingerprint density at radius 3 is 2.67 bits per heavy atom. The molecule has 4 nitrogen and oxygen atoms in total. The first kappa shape index (κ1) is 12.8. The van der Waals surface area contributed by atoms with Crippen molar-refractivity contribution in [2.45, 2.75) is 26.8 Å². The molecule has 0 saturated heterocycles. The van der Waals surface area contributed by atoms with Crippen LogP contribution in [0.3, 0.4) is 0 Å². The Kier molecular flexibility index (Phi) is 3.81. The average molecular weight is 263 g/mol. The van der Waals surface area contributed by atoms with E-state index in [0.717, 1.165) is 10.2 Å². The molecule has 96 valence electrons. The topological polar surface area (TPSA) is 54.0 Å². The number of anilines is 1. The zero-order valence-electron chi connectivity index (χ0n) is 10.7. The second-order valence-corrected chi connectivity index (χ2v) is 5.65. The minimum absolute atomic E-state index is 0.138. The third kappa shape index (κ3) is 2.98. The second-order valence-electron chi connectivity index (χ2n) is 4.62. The number of hydrogen-bond acceptors (Lipinski definition) is 3. The van der Waals surface area contributed by atoms with Gasteiger partial charge in [0.15, 0.2) is 5.13 Å². The molecule has 2 N–H and O–H groups in total. The average Bonchev–Trinajstić information content (AvgIpc) is 2.70. The number of amides is 2. The Labute approximate surface area is 110 Å². The lowest BCUT2D eigenvalue weighted by atomic mass is 10.1. The smallest absolute Gasteiger partial charge is 0.321 e. The van der Waals surface area contributed by atoms with Crippen LogP contribution in [0, 0.1) is 5.92 Å². The van der Waals surface area contributed by atoms with Gasteiger partial charge in [-0.15, -0.1) is 0 Å². The minimum Gasteiger partial charge on any atom is -0.335 e. The van der Waals surface area contributed by atoms with Crippen molar-refractivity contribution in [1.82, 2.24) is 10.3 Å². The van der Waals surface area contributed by atoms with E-state index in [4.69, 9.17) is 0 Å². The Bertz CT molecular complexity index is 517. The lowest BCUT2D eigenvalue weighted by molar-refractivity contribution is 0.246. The minimum atomic E-state index is -0.199. The highest BCUT2D eigenvalue weighted by Crippen LogP contribution is 2.25. The SMILES string of the molecule is CC(C)C(C)NC(=O)Nc1nc2ccccc2s1. The molecule has 2 aromatic rings. The van der Waals surface area contributed by atoms with Gasteiger partial charge in [0.05, 0.1) is 10.2 Å². The van der Waals surface area contributed by atoms with Crippen LogP contribution in [-0.4, -0.2) is 17.1 Å². The van der Waals surface area contributed by atoms with Crippen LogP contribution in [0.25, 0.3) is 10.2 Å². The summed E-state index contributed by atoms with van der Waals surface area (Å²) in [5.41, 5.74) is 0.912. The molecule has 2 rings (SSSR count). The number of thiazole rings is 1. The quantitative estimate of drug-likeness (QED) is 0.891. The number of para-hydroxylation sites is 1. The van der Waals surface area contributed by atoms with Gasteiger partial charge in [0.1, 0.15) is 0 Å². The highest BCUT2D eigenvalue weighted by Gasteiger charge is 2.12. The van der Waals surface area contributed by atoms with E-state index in [2.05, 4.69) is 29.5 Å². The molecule has 0 spiro atoms. The van der Waals surface area contributed by atoms with Crippen molar-refractivity contribution in [1.29, 1.82) is 0 Å². The molecule has 0 aliphatic rings. The molecular formula is C13H17N3OS. The summed E-state index contributed by atoms with van der Waals surface area (Å²) >= 11 is 1.48. The van der Waals surface area contributed by atoms with Crippen LogP contribution >= 0.6 is 11.3 Å². The van der Waals surface area contributed by atoms with Crippen molar-refractivity contribution in [2.24, 2.45) is 5.92 Å². The Balaban J connectivity index is 2.03. The van der Waals surface area contributed by atoms with Crippen molar-refractivity contribution in [2.75, 3.05) is 5.32 Å². The number of nitrogens with zero attached hydrogens (tertiary/aromatic N) is 1. The molecule has 1 unspecified atom stereocenters. The zero-order valence-corrected chi connectivity index (χ0v) is 11.5. The van der Waals surface area contributed by atoms with Gasteiger partial charge >= 0.3 is 6.03 Å². The molecule has 5 heteroatoms. The van der Waals surface area contributed by atoms with Crippen LogP contribution in [0.1, 0.15) is 20.8 Å². The molecule has 0 saturated carbocycles. The number of nitrogens with one attached hydrogen (secondary N) is 2. The third-order valence-electron chi connectivity index (χ3n) is 2.87. The van der Waals surface area contributed by atoms with E-state index < -0.39 is 0 Å². The lowest BCUT2D eigenvalue weighted by Gasteiger charge is -2.16. The van der Waals surface area contributed by atoms with Gasteiger partial charge in [-0.25, -0.2) is 9.78 Å². The molecule has 2 amide bonds. The predicted octanol–water partition coefficient (Wildman–Crippen LogP) is 3.46. The third-order valence-corrected chi connectivity index (χ3v) is 3.82. The largest absolute Gasteiger partial charge is 0.335 e. The van der Waals surface area contributed by atoms with Crippen LogP contribution in [-0.2, 0) is 0 Å². The van der Waals surface area contributed by atoms with Gasteiger partial charge in [-0.3, -0.25) is 5.32 Å². The first-order chi connectivity index (χ1) is 8.56. The summed E-state index contributed by atoms with van der Waals surface area (Å²) in [7, 11) is 0. The van der Waals surface area contributed by atoms with E-state index in [1.54, 1.807) is 0 Å². The maximum atomic E-state index is 11.7. The van der Waals surface area contributed by atoms with Gasteiger partial charge < -0.3 is 5.32 Å². The Hall–Kier alpha value is -1.62. The number of carbonyl (C=O) groups is 1. The van der Waals surface area contributed by atoms with Crippen molar-refractivity contribution < 1.29 is 4.79 Å². The van der Waals surface area contributed by atoms with Crippen molar-refractivity contribution in [3.05, 3.63) is 24.3 Å². The summed E-state index contributed by atoms with van der Waals surface area (Å²) in [5.74, 6) is 0.408. The van der Waals surface area contributed by atoms with E-state index >= 15 is 0 Å². The van der Waals surface area contributed by atoms with Crippen LogP contribution in [0.15, 0.2) is 24.3 Å². The monoisotopic (exact) mass is 263 g/mol. The Morgan fingerprint density at radius 1 is 1.28 bits per heavy atom. The lowest BCUT2D eigenvalue weighted by Crippen LogP contribution is -2.38. The molecule has 1 heterocycles. The van der Waals surface area contributed by atoms with Gasteiger partial charge in [0.25, 0.3) is 0 Å². The number of aromatic nitrogens is 1. The summed E-state index contributed by atoms with van der Waals surface area (Å²) in [6, 6.07) is 7.77. The number of hydrogen-bond donors (Lipinski definition) is 2. The van der Waals surface area contributed by atoms with Crippen molar-refractivity contribution in [3.8, 4) is 0 Å². The maximum absolute atomic E-state index is 11.7. The molecule has 1 atom stereocenters. The molecule has 1 aromatic heterocycles. The highest BCUT2D eigenvalue weighted by molar-refractivity contribution is 7.22. The van der Waals surface area contributed by atoms with Gasteiger partial charge in [-0.1, -0.05) is 37.3 Å². The molecule has 1 aromatic carbocycles. The summed E-state index contributed by atoms with van der Waals surface area (Å²) in [6.07, 6.45) is 0. The summed E-state index contributed by atoms with van der Waals surface area (Å²) in [4.78, 5) is 16.1. The zero-order chi connectivity index (χ0) is 13.1. The standard InChI is InChI=1S/C13H17N3OS/c1-8(2)9(3)14-12(17)16-13-15-10-6-4-5-7-11(10)18-13/h4-9H,1-3H3,(H2,14,15,16,17). The maximum Gasteiger partial charge on any atom is 0.321 e. The highest BCUT2D eigenvalue weighted by atomic mass is 32.1. The van der Waals surface area contributed by atoms with Gasteiger partial charge in [0.2, 0.25) is 0 Å². The van der Waals surface area contributed by atoms with Crippen molar-refractivity contribution in [3.63, 3.8) is 0 Å². The Morgan fingerprint density at radius 2 is 2.00 bits per heavy atom. The summed E-state index contributed by atoms with van der Waals surface area (Å²) in [5, 5.41) is 6.29. The first-order valence-corrected chi connectivity index (χ1v) is 6.81. The molecule has 0 fully saturated rings. The van der Waals surface area contributed by atoms with Crippen molar-refractivity contribution >= 4 is 32.7 Å². The van der Waals surface area contributed by atoms with Crippen LogP contribution in [0.2, 0.25) is 0 Å². The van der Waals surface area contributed by atoms with E-state index in [0.29, 0.717) is 11.0 Å². The molecule has 18 heavy (non-hydrogen) atoms. The fraction of sp³-hybridized carbons (Fsp3) is 0.385. The van der Waals surface area contributed by atoms with E-state index in [1.165, 1.54) is 11.3 Å². The van der Waals surface area contributed by atoms with E-state index in [9.17, 15) is 4.79 Å². The van der Waals surface area contributed by atoms with Gasteiger partial charge in [0, 0.05) is 6.04 Å². The molecule has 0 aliphatic heterocycles. The molecule has 0 aliphatic carbocycles. The van der Waals surface area contributed by atoms with Crippen LogP contribution < -0.4 is 10.6 Å². The first-order valence-electron chi connectivity index (χ1n) is 5.99. The van der Waals surface area contributed by atoms with E-state index in [1.807, 2.05) is 31.2 Å². The molecule has 0 bridgehead atoms. The van der Waals surface area contributed by atoms with Crippen LogP contribution in [0.4, 0.5) is 9.93 Å². The van der Waals surface area contributed by atoms with Gasteiger partial charge in [-0.2, -0.15) is 0 Å². The fourth-order valence-electron chi connectivity index (χ4n) is 1.43. The molecular weight excluding hydrogens is 246 g/mol. The second kappa shape index (κ2) is 5.35. The summed E-state index contributed by atoms with van der Waals surface area (Å²) < 4.78 is 1.07. The van der Waals surface area contributed by atoms with Crippen LogP contribution in [0.5, 0.6) is 0 Å². The fourth-order valence-corrected chi connectivity index (χ4v) is 2.29.